The number of nitrogens with one attached hydrogen (secondary N) is 1. The molecule has 0 aliphatic carbocycles. The van der Waals surface area contributed by atoms with Crippen LogP contribution in [0.1, 0.15) is 33.3 Å². The van der Waals surface area contributed by atoms with Crippen molar-refractivity contribution in [1.29, 1.82) is 0 Å². The smallest absolute Gasteiger partial charge is 0.239 e. The molecule has 0 spiro atoms. The van der Waals surface area contributed by atoms with E-state index in [0.717, 1.165) is 6.42 Å². The first-order chi connectivity index (χ1) is 8.37. The standard InChI is InChI=1S/C15H22N2O/c1-11-9-12-7-5-6-8-13(12)17(11)10-14(18)16-15(2,3)4/h5-8,11H,9-10H2,1-4H3,(H,16,18). The number of benzene rings is 1. The minimum absolute atomic E-state index is 0.0889. The molecule has 1 aliphatic rings. The molecule has 0 radical (unpaired) electrons. The van der Waals surface area contributed by atoms with Crippen LogP contribution in [0.25, 0.3) is 0 Å². The van der Waals surface area contributed by atoms with E-state index in [4.69, 9.17) is 0 Å². The molecule has 2 rings (SSSR count). The monoisotopic (exact) mass is 246 g/mol. The maximum absolute atomic E-state index is 12.0. The summed E-state index contributed by atoms with van der Waals surface area (Å²) in [6.45, 7) is 8.63. The van der Waals surface area contributed by atoms with Crippen molar-refractivity contribution in [3.05, 3.63) is 29.8 Å². The summed E-state index contributed by atoms with van der Waals surface area (Å²) in [5.41, 5.74) is 2.38. The summed E-state index contributed by atoms with van der Waals surface area (Å²) in [6.07, 6.45) is 1.03. The third kappa shape index (κ3) is 2.84. The van der Waals surface area contributed by atoms with Gasteiger partial charge < -0.3 is 10.2 Å². The molecule has 0 saturated heterocycles. The number of rotatable bonds is 2. The van der Waals surface area contributed by atoms with Crippen molar-refractivity contribution in [1.82, 2.24) is 5.32 Å². The number of nitrogens with zero attached hydrogens (tertiary/aromatic N) is 1. The Morgan fingerprint density at radius 3 is 2.72 bits per heavy atom. The topological polar surface area (TPSA) is 32.3 Å². The Hall–Kier alpha value is -1.51. The highest BCUT2D eigenvalue weighted by Crippen LogP contribution is 2.31. The number of amides is 1. The average Bonchev–Trinajstić information content (AvgIpc) is 2.53. The van der Waals surface area contributed by atoms with Gasteiger partial charge in [0.2, 0.25) is 5.91 Å². The van der Waals surface area contributed by atoms with Gasteiger partial charge in [0, 0.05) is 17.3 Å². The van der Waals surface area contributed by atoms with Crippen molar-refractivity contribution in [2.75, 3.05) is 11.4 Å². The lowest BCUT2D eigenvalue weighted by molar-refractivity contribution is -0.121. The number of para-hydroxylation sites is 1. The van der Waals surface area contributed by atoms with Gasteiger partial charge >= 0.3 is 0 Å². The molecule has 18 heavy (non-hydrogen) atoms. The van der Waals surface area contributed by atoms with E-state index in [0.29, 0.717) is 12.6 Å². The Morgan fingerprint density at radius 1 is 1.39 bits per heavy atom. The molecule has 98 valence electrons. The van der Waals surface area contributed by atoms with E-state index in [1.807, 2.05) is 26.8 Å². The molecule has 1 heterocycles. The van der Waals surface area contributed by atoms with Crippen molar-refractivity contribution < 1.29 is 4.79 Å². The molecule has 0 bridgehead atoms. The van der Waals surface area contributed by atoms with Crippen LogP contribution in [0.4, 0.5) is 5.69 Å². The Labute approximate surface area is 109 Å². The Kier molecular flexibility index (Phi) is 3.33. The number of anilines is 1. The molecule has 1 aromatic rings. The van der Waals surface area contributed by atoms with Gasteiger partial charge in [0.25, 0.3) is 0 Å². The van der Waals surface area contributed by atoms with Crippen LogP contribution >= 0.6 is 0 Å². The van der Waals surface area contributed by atoms with Crippen LogP contribution in [0, 0.1) is 0 Å². The van der Waals surface area contributed by atoms with Crippen molar-refractivity contribution >= 4 is 11.6 Å². The fourth-order valence-corrected chi connectivity index (χ4v) is 2.48. The van der Waals surface area contributed by atoms with Crippen molar-refractivity contribution in [2.24, 2.45) is 0 Å². The summed E-state index contributed by atoms with van der Waals surface area (Å²) in [7, 11) is 0. The minimum Gasteiger partial charge on any atom is -0.359 e. The molecule has 1 amide bonds. The molecule has 0 aromatic heterocycles. The summed E-state index contributed by atoms with van der Waals surface area (Å²) in [5.74, 6) is 0.0889. The molecule has 3 nitrogen and oxygen atoms in total. The molecular weight excluding hydrogens is 224 g/mol. The van der Waals surface area contributed by atoms with Crippen molar-refractivity contribution in [3.8, 4) is 0 Å². The van der Waals surface area contributed by atoms with Gasteiger partial charge in [-0.2, -0.15) is 0 Å². The molecule has 1 aliphatic heterocycles. The summed E-state index contributed by atoms with van der Waals surface area (Å²) in [4.78, 5) is 14.2. The fraction of sp³-hybridized carbons (Fsp3) is 0.533. The highest BCUT2D eigenvalue weighted by Gasteiger charge is 2.27. The van der Waals surface area contributed by atoms with Crippen LogP contribution in [0.15, 0.2) is 24.3 Å². The van der Waals surface area contributed by atoms with E-state index in [9.17, 15) is 4.79 Å². The second-order valence-corrected chi connectivity index (χ2v) is 6.11. The molecular formula is C15H22N2O. The van der Waals surface area contributed by atoms with Gasteiger partial charge in [0.15, 0.2) is 0 Å². The maximum Gasteiger partial charge on any atom is 0.239 e. The Morgan fingerprint density at radius 2 is 2.06 bits per heavy atom. The van der Waals surface area contributed by atoms with Crippen molar-refractivity contribution in [3.63, 3.8) is 0 Å². The summed E-state index contributed by atoms with van der Waals surface area (Å²) in [6, 6.07) is 8.74. The van der Waals surface area contributed by atoms with Gasteiger partial charge in [-0.1, -0.05) is 18.2 Å². The lowest BCUT2D eigenvalue weighted by Crippen LogP contribution is -2.47. The number of hydrogen-bond donors (Lipinski definition) is 1. The molecule has 3 heteroatoms. The van der Waals surface area contributed by atoms with E-state index in [1.165, 1.54) is 11.3 Å². The largest absolute Gasteiger partial charge is 0.359 e. The van der Waals surface area contributed by atoms with E-state index in [2.05, 4.69) is 35.3 Å². The predicted octanol–water partition coefficient (Wildman–Crippen LogP) is 2.35. The molecule has 1 atom stereocenters. The summed E-state index contributed by atoms with van der Waals surface area (Å²) < 4.78 is 0. The number of carbonyl (C=O) groups excluding carboxylic acids is 1. The predicted molar refractivity (Wildman–Crippen MR) is 74.8 cm³/mol. The molecule has 1 unspecified atom stereocenters. The summed E-state index contributed by atoms with van der Waals surface area (Å²) in [5, 5.41) is 3.02. The highest BCUT2D eigenvalue weighted by atomic mass is 16.2. The number of carbonyl (C=O) groups is 1. The molecule has 1 N–H and O–H groups in total. The van der Waals surface area contributed by atoms with Gasteiger partial charge in [0.1, 0.15) is 0 Å². The molecule has 0 fully saturated rings. The Balaban J connectivity index is 2.08. The summed E-state index contributed by atoms with van der Waals surface area (Å²) >= 11 is 0. The van der Waals surface area contributed by atoms with Gasteiger partial charge in [-0.15, -0.1) is 0 Å². The van der Waals surface area contributed by atoms with Crippen LogP contribution in [-0.4, -0.2) is 24.0 Å². The van der Waals surface area contributed by atoms with E-state index in [-0.39, 0.29) is 11.4 Å². The van der Waals surface area contributed by atoms with Crippen molar-refractivity contribution in [2.45, 2.75) is 45.7 Å². The van der Waals surface area contributed by atoms with E-state index < -0.39 is 0 Å². The molecule has 1 aromatic carbocycles. The lowest BCUT2D eigenvalue weighted by atomic mass is 10.1. The highest BCUT2D eigenvalue weighted by molar-refractivity contribution is 5.83. The normalized spacial score (nSPS) is 18.7. The second-order valence-electron chi connectivity index (χ2n) is 6.11. The quantitative estimate of drug-likeness (QED) is 0.868. The number of hydrogen-bond acceptors (Lipinski definition) is 2. The molecule has 0 saturated carbocycles. The second kappa shape index (κ2) is 4.63. The minimum atomic E-state index is -0.167. The van der Waals surface area contributed by atoms with E-state index >= 15 is 0 Å². The Bertz CT molecular complexity index is 448. The first-order valence-electron chi connectivity index (χ1n) is 6.52. The third-order valence-electron chi connectivity index (χ3n) is 3.18. The lowest BCUT2D eigenvalue weighted by Gasteiger charge is -2.27. The average molecular weight is 246 g/mol. The van der Waals surface area contributed by atoms with Gasteiger partial charge in [-0.3, -0.25) is 4.79 Å². The maximum atomic E-state index is 12.0. The third-order valence-corrected chi connectivity index (χ3v) is 3.18. The van der Waals surface area contributed by atoms with Crippen LogP contribution in [0.5, 0.6) is 0 Å². The number of fused-ring (bicyclic) bond motifs is 1. The van der Waals surface area contributed by atoms with Crippen LogP contribution < -0.4 is 10.2 Å². The zero-order valence-corrected chi connectivity index (χ0v) is 11.7. The zero-order chi connectivity index (χ0) is 13.3. The first-order valence-corrected chi connectivity index (χ1v) is 6.52. The van der Waals surface area contributed by atoms with Gasteiger partial charge in [0.05, 0.1) is 6.54 Å². The van der Waals surface area contributed by atoms with Crippen LogP contribution in [0.3, 0.4) is 0 Å². The van der Waals surface area contributed by atoms with E-state index in [1.54, 1.807) is 0 Å². The SMILES string of the molecule is CC1Cc2ccccc2N1CC(=O)NC(C)(C)C. The van der Waals surface area contributed by atoms with Gasteiger partial charge in [-0.25, -0.2) is 0 Å². The first kappa shape index (κ1) is 12.9. The zero-order valence-electron chi connectivity index (χ0n) is 11.7. The van der Waals surface area contributed by atoms with Crippen LogP contribution in [0.2, 0.25) is 0 Å². The van der Waals surface area contributed by atoms with Gasteiger partial charge in [-0.05, 0) is 45.7 Å². The fourth-order valence-electron chi connectivity index (χ4n) is 2.48. The van der Waals surface area contributed by atoms with Crippen LogP contribution in [-0.2, 0) is 11.2 Å².